The fourth-order valence-electron chi connectivity index (χ4n) is 2.98. The van der Waals surface area contributed by atoms with Crippen molar-refractivity contribution in [2.45, 2.75) is 8.45 Å². The van der Waals surface area contributed by atoms with Gasteiger partial charge in [-0.25, -0.2) is 0 Å². The Morgan fingerprint density at radius 2 is 1.04 bits per heavy atom. The molecule has 116 valence electrons. The molecule has 0 saturated heterocycles. The first-order chi connectivity index (χ1) is 11.4. The van der Waals surface area contributed by atoms with Crippen LogP contribution >= 0.6 is 0 Å². The van der Waals surface area contributed by atoms with Crippen LogP contribution < -0.4 is 10.2 Å². The largest absolute Gasteiger partial charge is 0.857 e. The summed E-state index contributed by atoms with van der Waals surface area (Å²) in [7, 11) is 1.50. The van der Waals surface area contributed by atoms with Crippen LogP contribution in [0.4, 0.5) is 0 Å². The summed E-state index contributed by atoms with van der Waals surface area (Å²) in [6.07, 6.45) is 9.43. The summed E-state index contributed by atoms with van der Waals surface area (Å²) in [6, 6.07) is 17.7. The Bertz CT molecular complexity index is 632. The van der Waals surface area contributed by atoms with Gasteiger partial charge in [0.2, 0.25) is 0 Å². The zero-order valence-electron chi connectivity index (χ0n) is 13.4. The van der Waals surface area contributed by atoms with Crippen LogP contribution in [0.25, 0.3) is 12.2 Å². The van der Waals surface area contributed by atoms with E-state index in [9.17, 15) is 0 Å². The molecule has 2 nitrogen and oxygen atoms in total. The van der Waals surface area contributed by atoms with Gasteiger partial charge >= 0.3 is 123 Å². The second kappa shape index (κ2) is 9.00. The SMILES string of the molecule is C1=C[CH]([Ti+2][CH]2C=Cc3ccccc32)c2ccccc21.C[O-].C[O-]. The topological polar surface area (TPSA) is 46.1 Å². The normalized spacial score (nSPS) is 18.8. The molecule has 2 aromatic carbocycles. The van der Waals surface area contributed by atoms with Crippen molar-refractivity contribution in [2.75, 3.05) is 14.2 Å². The van der Waals surface area contributed by atoms with Crippen LogP contribution in [0.2, 0.25) is 0 Å². The molecule has 0 heterocycles. The van der Waals surface area contributed by atoms with Gasteiger partial charge in [0.25, 0.3) is 0 Å². The molecule has 0 N–H and O–H groups in total. The fourth-order valence-corrected chi connectivity index (χ4v) is 5.62. The average Bonchev–Trinajstić information content (AvgIpc) is 3.24. The molecule has 0 saturated carbocycles. The third-order valence-corrected chi connectivity index (χ3v) is 6.65. The molecule has 2 aromatic rings. The molecule has 0 amide bonds. The van der Waals surface area contributed by atoms with Gasteiger partial charge in [0.15, 0.2) is 0 Å². The van der Waals surface area contributed by atoms with E-state index in [0.717, 1.165) is 14.2 Å². The molecular formula is C20H20O2Ti. The Hall–Kier alpha value is -1.45. The Labute approximate surface area is 147 Å². The van der Waals surface area contributed by atoms with E-state index < -0.39 is 0 Å². The van der Waals surface area contributed by atoms with E-state index in [0.29, 0.717) is 8.45 Å². The van der Waals surface area contributed by atoms with Crippen molar-refractivity contribution in [2.24, 2.45) is 0 Å². The molecule has 0 fully saturated rings. The van der Waals surface area contributed by atoms with Crippen molar-refractivity contribution in [3.8, 4) is 0 Å². The van der Waals surface area contributed by atoms with Gasteiger partial charge in [-0.2, -0.15) is 14.2 Å². The molecule has 2 aliphatic carbocycles. The van der Waals surface area contributed by atoms with Gasteiger partial charge in [0.05, 0.1) is 0 Å². The molecule has 0 radical (unpaired) electrons. The smallest absolute Gasteiger partial charge is 0.153 e. The van der Waals surface area contributed by atoms with Gasteiger partial charge in [-0.15, -0.1) is 0 Å². The monoisotopic (exact) mass is 340 g/mol. The third-order valence-electron chi connectivity index (χ3n) is 3.96. The first kappa shape index (κ1) is 17.9. The van der Waals surface area contributed by atoms with E-state index in [1.807, 2.05) is 0 Å². The zero-order valence-corrected chi connectivity index (χ0v) is 15.0. The van der Waals surface area contributed by atoms with E-state index in [1.54, 1.807) is 11.1 Å². The number of hydrogen-bond acceptors (Lipinski definition) is 2. The predicted octanol–water partition coefficient (Wildman–Crippen LogP) is 2.56. The zero-order chi connectivity index (χ0) is 16.7. The van der Waals surface area contributed by atoms with Crippen LogP contribution in [0, 0.1) is 0 Å². The Morgan fingerprint density at radius 3 is 1.48 bits per heavy atom. The quantitative estimate of drug-likeness (QED) is 0.789. The van der Waals surface area contributed by atoms with Gasteiger partial charge < -0.3 is 10.2 Å². The second-order valence-corrected chi connectivity index (χ2v) is 7.56. The minimum Gasteiger partial charge on any atom is -0.857 e. The van der Waals surface area contributed by atoms with Crippen LogP contribution in [-0.4, -0.2) is 14.2 Å². The van der Waals surface area contributed by atoms with Crippen molar-refractivity contribution < 1.29 is 29.4 Å². The molecule has 4 rings (SSSR count). The van der Waals surface area contributed by atoms with E-state index in [-0.39, 0.29) is 19.2 Å². The van der Waals surface area contributed by atoms with Crippen LogP contribution in [0.3, 0.4) is 0 Å². The summed E-state index contributed by atoms with van der Waals surface area (Å²) in [5.74, 6) is 0. The number of benzene rings is 2. The van der Waals surface area contributed by atoms with Crippen molar-refractivity contribution >= 4 is 12.2 Å². The molecule has 3 heteroatoms. The molecule has 0 spiro atoms. The minimum absolute atomic E-state index is 0.0859. The molecule has 0 aliphatic heterocycles. The van der Waals surface area contributed by atoms with Crippen molar-refractivity contribution in [1.29, 1.82) is 0 Å². The number of fused-ring (bicyclic) bond motifs is 2. The van der Waals surface area contributed by atoms with Gasteiger partial charge in [-0.3, -0.25) is 0 Å². The molecule has 0 aromatic heterocycles. The number of hydrogen-bond donors (Lipinski definition) is 0. The summed E-state index contributed by atoms with van der Waals surface area (Å²) in [6.45, 7) is 0. The summed E-state index contributed by atoms with van der Waals surface area (Å²) in [5.41, 5.74) is 5.93. The first-order valence-corrected chi connectivity index (χ1v) is 9.34. The standard InChI is InChI=1S/2C9H7.2CH3O.Ti/c2*1-2-5-9-7-3-6-8(9)4-1;2*1-2;/h2*1-7H;2*1H3;/q;;2*-1;+2. The van der Waals surface area contributed by atoms with Crippen LogP contribution in [0.5, 0.6) is 0 Å². The van der Waals surface area contributed by atoms with Crippen LogP contribution in [0.1, 0.15) is 30.7 Å². The molecule has 2 atom stereocenters. The Morgan fingerprint density at radius 1 is 0.652 bits per heavy atom. The summed E-state index contributed by atoms with van der Waals surface area (Å²) >= 11 is -0.0859. The minimum atomic E-state index is -0.0859. The fraction of sp³-hybridized carbons (Fsp3) is 0.200. The summed E-state index contributed by atoms with van der Waals surface area (Å²) < 4.78 is 1.38. The van der Waals surface area contributed by atoms with Crippen molar-refractivity contribution in [1.82, 2.24) is 0 Å². The van der Waals surface area contributed by atoms with E-state index >= 15 is 0 Å². The maximum Gasteiger partial charge on any atom is -0.153 e. The number of allylic oxidation sites excluding steroid dienone is 2. The first-order valence-electron chi connectivity index (χ1n) is 7.54. The average molecular weight is 340 g/mol. The molecular weight excluding hydrogens is 320 g/mol. The molecule has 2 unspecified atom stereocenters. The molecule has 0 bridgehead atoms. The van der Waals surface area contributed by atoms with Crippen molar-refractivity contribution in [3.05, 3.63) is 82.9 Å². The van der Waals surface area contributed by atoms with Gasteiger partial charge in [0, 0.05) is 0 Å². The molecule has 23 heavy (non-hydrogen) atoms. The summed E-state index contributed by atoms with van der Waals surface area (Å²) in [4.78, 5) is 0. The van der Waals surface area contributed by atoms with Gasteiger partial charge in [0.1, 0.15) is 0 Å². The molecule has 2 aliphatic rings. The Balaban J connectivity index is 0.000000448. The van der Waals surface area contributed by atoms with E-state index in [2.05, 4.69) is 72.8 Å². The van der Waals surface area contributed by atoms with Crippen molar-refractivity contribution in [3.63, 3.8) is 0 Å². The van der Waals surface area contributed by atoms with Crippen LogP contribution in [-0.2, 0) is 19.2 Å². The van der Waals surface area contributed by atoms with Crippen LogP contribution in [0.15, 0.2) is 60.7 Å². The van der Waals surface area contributed by atoms with E-state index in [4.69, 9.17) is 10.2 Å². The van der Waals surface area contributed by atoms with Gasteiger partial charge in [-0.1, -0.05) is 0 Å². The van der Waals surface area contributed by atoms with E-state index in [1.165, 1.54) is 11.1 Å². The predicted molar refractivity (Wildman–Crippen MR) is 88.3 cm³/mol. The second-order valence-electron chi connectivity index (χ2n) is 5.10. The maximum absolute atomic E-state index is 8.25. The Kier molecular flexibility index (Phi) is 7.00. The number of rotatable bonds is 2. The summed E-state index contributed by atoms with van der Waals surface area (Å²) in [5, 5.41) is 16.5. The van der Waals surface area contributed by atoms with Gasteiger partial charge in [-0.05, 0) is 0 Å². The third kappa shape index (κ3) is 3.91. The maximum atomic E-state index is 8.25.